The summed E-state index contributed by atoms with van der Waals surface area (Å²) in [7, 11) is 0. The fraction of sp³-hybridized carbons (Fsp3) is 0.158. The van der Waals surface area contributed by atoms with Gasteiger partial charge in [0.2, 0.25) is 0 Å². The summed E-state index contributed by atoms with van der Waals surface area (Å²) < 4.78 is 20.2. The summed E-state index contributed by atoms with van der Waals surface area (Å²) in [6, 6.07) is 13.2. The van der Waals surface area contributed by atoms with Crippen LogP contribution in [0.3, 0.4) is 0 Å². The lowest BCUT2D eigenvalue weighted by Crippen LogP contribution is -2.14. The van der Waals surface area contributed by atoms with Crippen molar-refractivity contribution < 1.29 is 13.9 Å². The lowest BCUT2D eigenvalue weighted by molar-refractivity contribution is 0.102. The van der Waals surface area contributed by atoms with Crippen molar-refractivity contribution in [1.29, 1.82) is 0 Å². The van der Waals surface area contributed by atoms with E-state index in [4.69, 9.17) is 4.74 Å². The molecule has 2 aromatic carbocycles. The van der Waals surface area contributed by atoms with Crippen LogP contribution in [-0.2, 0) is 0 Å². The quantitative estimate of drug-likeness (QED) is 0.765. The van der Waals surface area contributed by atoms with Gasteiger partial charge in [-0.25, -0.2) is 9.07 Å². The second kappa shape index (κ2) is 7.17. The third-order valence-electron chi connectivity index (χ3n) is 3.76. The van der Waals surface area contributed by atoms with Gasteiger partial charge >= 0.3 is 0 Å². The summed E-state index contributed by atoms with van der Waals surface area (Å²) in [6.45, 7) is 4.18. The van der Waals surface area contributed by atoms with E-state index in [1.165, 1.54) is 18.3 Å². The van der Waals surface area contributed by atoms with Crippen LogP contribution >= 0.6 is 0 Å². The average molecular weight is 339 g/mol. The SMILES string of the molecule is CCOc1ccccc1NC(=O)c1cnn(-c2ccc(F)cc2)c1C. The fourth-order valence-electron chi connectivity index (χ4n) is 2.52. The molecule has 6 heteroatoms. The van der Waals surface area contributed by atoms with Crippen molar-refractivity contribution in [2.45, 2.75) is 13.8 Å². The summed E-state index contributed by atoms with van der Waals surface area (Å²) in [4.78, 5) is 12.6. The molecule has 0 aliphatic rings. The van der Waals surface area contributed by atoms with Crippen LogP contribution in [0.2, 0.25) is 0 Å². The van der Waals surface area contributed by atoms with Crippen molar-refractivity contribution in [3.63, 3.8) is 0 Å². The van der Waals surface area contributed by atoms with Gasteiger partial charge in [0.15, 0.2) is 0 Å². The molecule has 0 aliphatic carbocycles. The lowest BCUT2D eigenvalue weighted by Gasteiger charge is -2.11. The van der Waals surface area contributed by atoms with Crippen molar-refractivity contribution in [3.05, 3.63) is 71.8 Å². The van der Waals surface area contributed by atoms with Gasteiger partial charge in [0.1, 0.15) is 11.6 Å². The summed E-state index contributed by atoms with van der Waals surface area (Å²) in [5, 5.41) is 7.09. The molecule has 0 fully saturated rings. The number of nitrogens with zero attached hydrogens (tertiary/aromatic N) is 2. The van der Waals surface area contributed by atoms with Crippen LogP contribution in [0.1, 0.15) is 23.0 Å². The predicted octanol–water partition coefficient (Wildman–Crippen LogP) is 3.97. The predicted molar refractivity (Wildman–Crippen MR) is 93.8 cm³/mol. The molecular weight excluding hydrogens is 321 g/mol. The van der Waals surface area contributed by atoms with Gasteiger partial charge in [0.05, 0.1) is 35.4 Å². The number of halogens is 1. The smallest absolute Gasteiger partial charge is 0.259 e. The van der Waals surface area contributed by atoms with E-state index in [0.717, 1.165) is 0 Å². The first-order chi connectivity index (χ1) is 12.1. The van der Waals surface area contributed by atoms with E-state index in [1.807, 2.05) is 19.1 Å². The molecule has 25 heavy (non-hydrogen) atoms. The van der Waals surface area contributed by atoms with E-state index in [1.54, 1.807) is 35.9 Å². The maximum absolute atomic E-state index is 13.1. The maximum Gasteiger partial charge on any atom is 0.259 e. The number of hydrogen-bond acceptors (Lipinski definition) is 3. The van der Waals surface area contributed by atoms with Gasteiger partial charge in [-0.2, -0.15) is 5.10 Å². The van der Waals surface area contributed by atoms with Crippen LogP contribution in [0.4, 0.5) is 10.1 Å². The zero-order valence-electron chi connectivity index (χ0n) is 14.0. The Morgan fingerprint density at radius 1 is 1.20 bits per heavy atom. The Morgan fingerprint density at radius 3 is 2.64 bits per heavy atom. The second-order valence-electron chi connectivity index (χ2n) is 5.42. The van der Waals surface area contributed by atoms with Gasteiger partial charge < -0.3 is 10.1 Å². The molecule has 1 heterocycles. The van der Waals surface area contributed by atoms with Crippen molar-refractivity contribution in [1.82, 2.24) is 9.78 Å². The molecule has 1 N–H and O–H groups in total. The van der Waals surface area contributed by atoms with Crippen molar-refractivity contribution in [2.75, 3.05) is 11.9 Å². The first-order valence-electron chi connectivity index (χ1n) is 7.94. The van der Waals surface area contributed by atoms with Crippen molar-refractivity contribution in [3.8, 4) is 11.4 Å². The average Bonchev–Trinajstić information content (AvgIpc) is 2.99. The summed E-state index contributed by atoms with van der Waals surface area (Å²) in [6.07, 6.45) is 1.50. The van der Waals surface area contributed by atoms with Gasteiger partial charge in [-0.1, -0.05) is 12.1 Å². The number of hydrogen-bond donors (Lipinski definition) is 1. The third kappa shape index (κ3) is 3.52. The molecule has 0 bridgehead atoms. The number of nitrogens with one attached hydrogen (secondary N) is 1. The standard InChI is InChI=1S/C19H18FN3O2/c1-3-25-18-7-5-4-6-17(18)22-19(24)16-12-21-23(13(16)2)15-10-8-14(20)9-11-15/h4-12H,3H2,1-2H3,(H,22,24). The van der Waals surface area contributed by atoms with Crippen molar-refractivity contribution >= 4 is 11.6 Å². The zero-order chi connectivity index (χ0) is 17.8. The molecule has 1 aromatic heterocycles. The largest absolute Gasteiger partial charge is 0.492 e. The molecule has 128 valence electrons. The molecule has 1 amide bonds. The highest BCUT2D eigenvalue weighted by atomic mass is 19.1. The van der Waals surface area contributed by atoms with Crippen LogP contribution in [0, 0.1) is 12.7 Å². The van der Waals surface area contributed by atoms with Gasteiger partial charge in [-0.05, 0) is 50.2 Å². The number of carbonyl (C=O) groups is 1. The Hall–Kier alpha value is -3.15. The molecule has 3 rings (SSSR count). The zero-order valence-corrected chi connectivity index (χ0v) is 14.0. The minimum atomic E-state index is -0.320. The number of aromatic nitrogens is 2. The van der Waals surface area contributed by atoms with Crippen LogP contribution in [-0.4, -0.2) is 22.3 Å². The van der Waals surface area contributed by atoms with Gasteiger partial charge in [0.25, 0.3) is 5.91 Å². The van der Waals surface area contributed by atoms with Gasteiger partial charge in [0, 0.05) is 0 Å². The maximum atomic E-state index is 13.1. The van der Waals surface area contributed by atoms with Crippen LogP contribution in [0.5, 0.6) is 5.75 Å². The van der Waals surface area contributed by atoms with E-state index < -0.39 is 0 Å². The monoisotopic (exact) mass is 339 g/mol. The van der Waals surface area contributed by atoms with E-state index in [9.17, 15) is 9.18 Å². The number of amides is 1. The number of benzene rings is 2. The fourth-order valence-corrected chi connectivity index (χ4v) is 2.52. The highest BCUT2D eigenvalue weighted by Crippen LogP contribution is 2.25. The molecule has 0 aliphatic heterocycles. The Kier molecular flexibility index (Phi) is 4.79. The topological polar surface area (TPSA) is 56.1 Å². The second-order valence-corrected chi connectivity index (χ2v) is 5.42. The first kappa shape index (κ1) is 16.7. The molecule has 0 saturated carbocycles. The van der Waals surface area contributed by atoms with Crippen LogP contribution in [0.15, 0.2) is 54.7 Å². The number of para-hydroxylation sites is 2. The van der Waals surface area contributed by atoms with E-state index in [-0.39, 0.29) is 11.7 Å². The lowest BCUT2D eigenvalue weighted by atomic mass is 10.2. The molecule has 3 aromatic rings. The molecule has 0 spiro atoms. The number of anilines is 1. The van der Waals surface area contributed by atoms with Gasteiger partial charge in [-0.15, -0.1) is 0 Å². The molecule has 0 atom stereocenters. The van der Waals surface area contributed by atoms with Crippen LogP contribution < -0.4 is 10.1 Å². The van der Waals surface area contributed by atoms with Crippen molar-refractivity contribution in [2.24, 2.45) is 0 Å². The highest BCUT2D eigenvalue weighted by molar-refractivity contribution is 6.05. The Balaban J connectivity index is 1.85. The Labute approximate surface area is 145 Å². The van der Waals surface area contributed by atoms with E-state index in [0.29, 0.717) is 35.0 Å². The number of carbonyl (C=O) groups excluding carboxylic acids is 1. The highest BCUT2D eigenvalue weighted by Gasteiger charge is 2.16. The Morgan fingerprint density at radius 2 is 1.92 bits per heavy atom. The normalized spacial score (nSPS) is 10.5. The minimum Gasteiger partial charge on any atom is -0.492 e. The van der Waals surface area contributed by atoms with E-state index >= 15 is 0 Å². The minimum absolute atomic E-state index is 0.280. The molecular formula is C19H18FN3O2. The third-order valence-corrected chi connectivity index (χ3v) is 3.76. The summed E-state index contributed by atoms with van der Waals surface area (Å²) in [5.41, 5.74) is 2.39. The Bertz CT molecular complexity index is 888. The van der Waals surface area contributed by atoms with Gasteiger partial charge in [-0.3, -0.25) is 4.79 Å². The molecule has 0 unspecified atom stereocenters. The van der Waals surface area contributed by atoms with Crippen LogP contribution in [0.25, 0.3) is 5.69 Å². The molecule has 0 radical (unpaired) electrons. The van der Waals surface area contributed by atoms with E-state index in [2.05, 4.69) is 10.4 Å². The molecule has 0 saturated heterocycles. The number of ether oxygens (including phenoxy) is 1. The summed E-state index contributed by atoms with van der Waals surface area (Å²) in [5.74, 6) is 0.0130. The summed E-state index contributed by atoms with van der Waals surface area (Å²) >= 11 is 0. The molecule has 5 nitrogen and oxygen atoms in total. The first-order valence-corrected chi connectivity index (χ1v) is 7.94. The number of rotatable bonds is 5.